The van der Waals surface area contributed by atoms with Crippen molar-refractivity contribution in [1.82, 2.24) is 10.2 Å². The summed E-state index contributed by atoms with van der Waals surface area (Å²) in [6.07, 6.45) is 6.42. The predicted molar refractivity (Wildman–Crippen MR) is 122 cm³/mol. The highest BCUT2D eigenvalue weighted by molar-refractivity contribution is 9.10. The molecule has 0 aliphatic carbocycles. The Morgan fingerprint density at radius 2 is 1.93 bits per heavy atom. The summed E-state index contributed by atoms with van der Waals surface area (Å²) in [5, 5.41) is 5.78. The number of furan rings is 1. The molecule has 0 spiro atoms. The molecule has 1 aromatic carbocycles. The number of carbonyl (C=O) groups excluding carboxylic acids is 2. The Labute approximate surface area is 186 Å². The molecule has 0 radical (unpaired) electrons. The van der Waals surface area contributed by atoms with Gasteiger partial charge in [-0.3, -0.25) is 9.59 Å². The molecule has 1 unspecified atom stereocenters. The molecule has 2 heterocycles. The van der Waals surface area contributed by atoms with E-state index >= 15 is 0 Å². The number of nitrogens with one attached hydrogen (secondary N) is 2. The Bertz CT molecular complexity index is 834. The van der Waals surface area contributed by atoms with E-state index in [1.807, 2.05) is 12.1 Å². The van der Waals surface area contributed by atoms with Gasteiger partial charge in [-0.05, 0) is 91.5 Å². The van der Waals surface area contributed by atoms with Crippen molar-refractivity contribution in [2.24, 2.45) is 0 Å². The molecule has 2 amide bonds. The van der Waals surface area contributed by atoms with Gasteiger partial charge in [0, 0.05) is 18.3 Å². The number of carbonyl (C=O) groups is 2. The van der Waals surface area contributed by atoms with E-state index in [1.165, 1.54) is 25.8 Å². The lowest BCUT2D eigenvalue weighted by molar-refractivity contribution is -0.120. The fraction of sp³-hybridized carbons (Fsp3) is 0.478. The van der Waals surface area contributed by atoms with Crippen LogP contribution in [0.15, 0.2) is 45.5 Å². The monoisotopic (exact) mass is 475 g/mol. The zero-order valence-corrected chi connectivity index (χ0v) is 19.0. The SMILES string of the molecule is CC1CCCCN1CCCCNC(=O)Cc1ccc(NC(=O)c2ccc(Br)o2)cc1. The van der Waals surface area contributed by atoms with E-state index in [9.17, 15) is 9.59 Å². The predicted octanol–water partition coefficient (Wildman–Crippen LogP) is 4.61. The highest BCUT2D eigenvalue weighted by atomic mass is 79.9. The Hall–Kier alpha value is -2.12. The normalized spacial score (nSPS) is 16.9. The zero-order valence-electron chi connectivity index (χ0n) is 17.5. The molecular weight excluding hydrogens is 446 g/mol. The standard InChI is InChI=1S/C23H30BrN3O3/c1-17-6-2-4-14-27(17)15-5-3-13-25-22(28)16-18-7-9-19(10-8-18)26-23(29)20-11-12-21(24)30-20/h7-12,17H,2-6,13-16H2,1H3,(H,25,28)(H,26,29). The quantitative estimate of drug-likeness (QED) is 0.519. The minimum Gasteiger partial charge on any atom is -0.444 e. The largest absolute Gasteiger partial charge is 0.444 e. The Kier molecular flexibility index (Phi) is 8.51. The average molecular weight is 476 g/mol. The molecule has 162 valence electrons. The molecule has 1 saturated heterocycles. The number of benzene rings is 1. The van der Waals surface area contributed by atoms with Gasteiger partial charge in [-0.25, -0.2) is 0 Å². The van der Waals surface area contributed by atoms with Crippen molar-refractivity contribution in [3.05, 3.63) is 52.4 Å². The number of anilines is 1. The third kappa shape index (κ3) is 6.99. The fourth-order valence-electron chi connectivity index (χ4n) is 3.74. The average Bonchev–Trinajstić information content (AvgIpc) is 3.17. The fourth-order valence-corrected chi connectivity index (χ4v) is 4.05. The van der Waals surface area contributed by atoms with E-state index in [4.69, 9.17) is 4.42 Å². The van der Waals surface area contributed by atoms with Gasteiger partial charge >= 0.3 is 0 Å². The molecule has 2 N–H and O–H groups in total. The van der Waals surface area contributed by atoms with E-state index in [-0.39, 0.29) is 17.6 Å². The lowest BCUT2D eigenvalue weighted by atomic mass is 10.0. The Balaban J connectivity index is 1.33. The molecule has 1 aliphatic heterocycles. The molecule has 3 rings (SSSR count). The molecule has 30 heavy (non-hydrogen) atoms. The van der Waals surface area contributed by atoms with Gasteiger partial charge in [0.1, 0.15) is 0 Å². The summed E-state index contributed by atoms with van der Waals surface area (Å²) in [6.45, 7) is 5.36. The van der Waals surface area contributed by atoms with Crippen LogP contribution in [0.25, 0.3) is 0 Å². The number of hydrogen-bond acceptors (Lipinski definition) is 4. The van der Waals surface area contributed by atoms with Crippen LogP contribution in [0.2, 0.25) is 0 Å². The molecule has 1 aromatic heterocycles. The molecule has 6 nitrogen and oxygen atoms in total. The Morgan fingerprint density at radius 3 is 2.63 bits per heavy atom. The molecule has 0 saturated carbocycles. The van der Waals surface area contributed by atoms with Crippen LogP contribution in [-0.2, 0) is 11.2 Å². The zero-order chi connectivity index (χ0) is 21.3. The van der Waals surface area contributed by atoms with E-state index in [0.29, 0.717) is 29.4 Å². The summed E-state index contributed by atoms with van der Waals surface area (Å²) >= 11 is 3.18. The van der Waals surface area contributed by atoms with Crippen LogP contribution in [0, 0.1) is 0 Å². The molecule has 2 aromatic rings. The van der Waals surface area contributed by atoms with Crippen LogP contribution < -0.4 is 10.6 Å². The number of rotatable bonds is 9. The van der Waals surface area contributed by atoms with Crippen LogP contribution in [0.3, 0.4) is 0 Å². The number of amides is 2. The maximum Gasteiger partial charge on any atom is 0.291 e. The van der Waals surface area contributed by atoms with Crippen LogP contribution in [0.1, 0.15) is 55.1 Å². The first-order chi connectivity index (χ1) is 14.5. The van der Waals surface area contributed by atoms with Crippen LogP contribution in [0.4, 0.5) is 5.69 Å². The van der Waals surface area contributed by atoms with E-state index in [1.54, 1.807) is 24.3 Å². The highest BCUT2D eigenvalue weighted by Gasteiger charge is 2.17. The summed E-state index contributed by atoms with van der Waals surface area (Å²) in [7, 11) is 0. The van der Waals surface area contributed by atoms with Crippen molar-refractivity contribution in [2.45, 2.75) is 51.5 Å². The van der Waals surface area contributed by atoms with Crippen molar-refractivity contribution in [3.8, 4) is 0 Å². The minimum atomic E-state index is -0.315. The van der Waals surface area contributed by atoms with Crippen molar-refractivity contribution in [3.63, 3.8) is 0 Å². The molecule has 1 aliphatic rings. The molecule has 7 heteroatoms. The summed E-state index contributed by atoms with van der Waals surface area (Å²) in [5.41, 5.74) is 1.57. The topological polar surface area (TPSA) is 74.6 Å². The highest BCUT2D eigenvalue weighted by Crippen LogP contribution is 2.17. The maximum absolute atomic E-state index is 12.2. The van der Waals surface area contributed by atoms with Crippen molar-refractivity contribution in [1.29, 1.82) is 0 Å². The van der Waals surface area contributed by atoms with Crippen molar-refractivity contribution >= 4 is 33.4 Å². The van der Waals surface area contributed by atoms with Crippen LogP contribution in [-0.4, -0.2) is 42.4 Å². The van der Waals surface area contributed by atoms with Gasteiger partial charge in [0.25, 0.3) is 5.91 Å². The molecule has 1 fully saturated rings. The summed E-state index contributed by atoms with van der Waals surface area (Å²) < 4.78 is 5.75. The van der Waals surface area contributed by atoms with Gasteiger partial charge in [0.05, 0.1) is 6.42 Å². The van der Waals surface area contributed by atoms with Gasteiger partial charge in [0.2, 0.25) is 5.91 Å². The lowest BCUT2D eigenvalue weighted by Gasteiger charge is -2.33. The van der Waals surface area contributed by atoms with E-state index in [2.05, 4.69) is 38.4 Å². The van der Waals surface area contributed by atoms with E-state index in [0.717, 1.165) is 24.9 Å². The van der Waals surface area contributed by atoms with Gasteiger partial charge in [-0.1, -0.05) is 18.6 Å². The number of hydrogen-bond donors (Lipinski definition) is 2. The van der Waals surface area contributed by atoms with Gasteiger partial charge in [0.15, 0.2) is 10.4 Å². The lowest BCUT2D eigenvalue weighted by Crippen LogP contribution is -2.38. The summed E-state index contributed by atoms with van der Waals surface area (Å²) in [6, 6.07) is 11.3. The van der Waals surface area contributed by atoms with Crippen LogP contribution in [0.5, 0.6) is 0 Å². The number of unbranched alkanes of at least 4 members (excludes halogenated alkanes) is 1. The second-order valence-corrected chi connectivity index (χ2v) is 8.65. The van der Waals surface area contributed by atoms with Gasteiger partial charge < -0.3 is 20.0 Å². The Morgan fingerprint density at radius 1 is 1.13 bits per heavy atom. The van der Waals surface area contributed by atoms with Crippen LogP contribution >= 0.6 is 15.9 Å². The third-order valence-electron chi connectivity index (χ3n) is 5.51. The first-order valence-electron chi connectivity index (χ1n) is 10.7. The van der Waals surface area contributed by atoms with Gasteiger partial charge in [-0.2, -0.15) is 0 Å². The smallest absolute Gasteiger partial charge is 0.291 e. The first-order valence-corrected chi connectivity index (χ1v) is 11.5. The first kappa shape index (κ1) is 22.6. The molecular formula is C23H30BrN3O3. The minimum absolute atomic E-state index is 0.0264. The summed E-state index contributed by atoms with van der Waals surface area (Å²) in [5.74, 6) is -0.0521. The number of nitrogens with zero attached hydrogens (tertiary/aromatic N) is 1. The van der Waals surface area contributed by atoms with Crippen molar-refractivity contribution < 1.29 is 14.0 Å². The van der Waals surface area contributed by atoms with Gasteiger partial charge in [-0.15, -0.1) is 0 Å². The summed E-state index contributed by atoms with van der Waals surface area (Å²) in [4.78, 5) is 26.8. The third-order valence-corrected chi connectivity index (χ3v) is 5.93. The molecule has 1 atom stereocenters. The number of piperidine rings is 1. The number of halogens is 1. The maximum atomic E-state index is 12.2. The second-order valence-electron chi connectivity index (χ2n) is 7.87. The van der Waals surface area contributed by atoms with Crippen molar-refractivity contribution in [2.75, 3.05) is 25.0 Å². The number of likely N-dealkylation sites (tertiary alicyclic amines) is 1. The van der Waals surface area contributed by atoms with E-state index < -0.39 is 0 Å². The molecule has 0 bridgehead atoms. The second kappa shape index (κ2) is 11.3.